The Morgan fingerprint density at radius 1 is 1.35 bits per heavy atom. The minimum Gasteiger partial charge on any atom is -0.495 e. The predicted octanol–water partition coefficient (Wildman–Crippen LogP) is 2.71. The van der Waals surface area contributed by atoms with E-state index < -0.39 is 0 Å². The standard InChI is InChI=1S/C12H11N3OS/c1-15-7-9-10(14-15)4-3-8(11(9)16-2)12-13-5-6-17-12/h3-7H,1-2H3. The summed E-state index contributed by atoms with van der Waals surface area (Å²) in [4.78, 5) is 4.32. The lowest BCUT2D eigenvalue weighted by Gasteiger charge is -2.06. The summed E-state index contributed by atoms with van der Waals surface area (Å²) < 4.78 is 7.30. The molecule has 0 aliphatic rings. The number of ether oxygens (including phenoxy) is 1. The van der Waals surface area contributed by atoms with Gasteiger partial charge in [-0.2, -0.15) is 5.10 Å². The van der Waals surface area contributed by atoms with Crippen molar-refractivity contribution in [2.45, 2.75) is 0 Å². The van der Waals surface area contributed by atoms with Crippen LogP contribution in [0.3, 0.4) is 0 Å². The van der Waals surface area contributed by atoms with Crippen LogP contribution in [0.2, 0.25) is 0 Å². The van der Waals surface area contributed by atoms with Crippen LogP contribution in [0.4, 0.5) is 0 Å². The summed E-state index contributed by atoms with van der Waals surface area (Å²) in [5.74, 6) is 0.838. The fourth-order valence-corrected chi connectivity index (χ4v) is 2.59. The van der Waals surface area contributed by atoms with Crippen LogP contribution >= 0.6 is 11.3 Å². The molecule has 2 heterocycles. The minimum absolute atomic E-state index is 0.838. The van der Waals surface area contributed by atoms with E-state index in [1.807, 2.05) is 30.8 Å². The lowest BCUT2D eigenvalue weighted by molar-refractivity contribution is 0.421. The molecule has 0 N–H and O–H groups in total. The van der Waals surface area contributed by atoms with Crippen molar-refractivity contribution in [3.05, 3.63) is 29.9 Å². The number of thiazole rings is 1. The lowest BCUT2D eigenvalue weighted by atomic mass is 10.1. The average molecular weight is 245 g/mol. The van der Waals surface area contributed by atoms with Crippen molar-refractivity contribution in [2.24, 2.45) is 7.05 Å². The molecule has 0 saturated carbocycles. The largest absolute Gasteiger partial charge is 0.495 e. The van der Waals surface area contributed by atoms with Gasteiger partial charge in [-0.05, 0) is 12.1 Å². The third kappa shape index (κ3) is 1.59. The first-order valence-corrected chi connectivity index (χ1v) is 6.08. The highest BCUT2D eigenvalue weighted by Crippen LogP contribution is 2.36. The van der Waals surface area contributed by atoms with Crippen LogP contribution in [0.5, 0.6) is 5.75 Å². The molecule has 0 radical (unpaired) electrons. The van der Waals surface area contributed by atoms with Gasteiger partial charge < -0.3 is 4.74 Å². The minimum atomic E-state index is 0.838. The van der Waals surface area contributed by atoms with Crippen LogP contribution in [0.25, 0.3) is 21.5 Å². The van der Waals surface area contributed by atoms with Gasteiger partial charge in [-0.15, -0.1) is 11.3 Å². The van der Waals surface area contributed by atoms with E-state index in [0.717, 1.165) is 27.2 Å². The van der Waals surface area contributed by atoms with Crippen molar-refractivity contribution < 1.29 is 4.74 Å². The Balaban J connectivity index is 2.32. The normalized spacial score (nSPS) is 10.9. The molecular formula is C12H11N3OS. The molecule has 17 heavy (non-hydrogen) atoms. The van der Waals surface area contributed by atoms with Crippen LogP contribution in [0, 0.1) is 0 Å². The van der Waals surface area contributed by atoms with Crippen molar-refractivity contribution in [3.8, 4) is 16.3 Å². The Morgan fingerprint density at radius 2 is 2.24 bits per heavy atom. The van der Waals surface area contributed by atoms with Gasteiger partial charge in [0, 0.05) is 24.8 Å². The zero-order chi connectivity index (χ0) is 11.8. The average Bonchev–Trinajstić information content (AvgIpc) is 2.94. The van der Waals surface area contributed by atoms with Crippen molar-refractivity contribution >= 4 is 22.2 Å². The fourth-order valence-electron chi connectivity index (χ4n) is 1.93. The summed E-state index contributed by atoms with van der Waals surface area (Å²) in [5, 5.41) is 8.31. The van der Waals surface area contributed by atoms with Crippen molar-refractivity contribution in [3.63, 3.8) is 0 Å². The second-order valence-electron chi connectivity index (χ2n) is 3.72. The molecule has 0 fully saturated rings. The number of aromatic nitrogens is 3. The predicted molar refractivity (Wildman–Crippen MR) is 68.4 cm³/mol. The first-order chi connectivity index (χ1) is 8.29. The molecule has 0 bridgehead atoms. The molecule has 4 nitrogen and oxygen atoms in total. The summed E-state index contributed by atoms with van der Waals surface area (Å²) >= 11 is 1.60. The van der Waals surface area contributed by atoms with Gasteiger partial charge in [0.2, 0.25) is 0 Å². The van der Waals surface area contributed by atoms with Gasteiger partial charge in [0.25, 0.3) is 0 Å². The lowest BCUT2D eigenvalue weighted by Crippen LogP contribution is -1.88. The highest BCUT2D eigenvalue weighted by atomic mass is 32.1. The second kappa shape index (κ2) is 3.85. The van der Waals surface area contributed by atoms with Gasteiger partial charge in [-0.1, -0.05) is 0 Å². The number of benzene rings is 1. The molecule has 0 unspecified atom stereocenters. The molecule has 1 aromatic carbocycles. The molecule has 5 heteroatoms. The van der Waals surface area contributed by atoms with Gasteiger partial charge in [0.1, 0.15) is 10.8 Å². The second-order valence-corrected chi connectivity index (χ2v) is 4.61. The number of nitrogens with zero attached hydrogens (tertiary/aromatic N) is 3. The SMILES string of the molecule is COc1c(-c2nccs2)ccc2nn(C)cc12. The molecule has 86 valence electrons. The third-order valence-corrected chi connectivity index (χ3v) is 3.43. The quantitative estimate of drug-likeness (QED) is 0.697. The number of rotatable bonds is 2. The van der Waals surface area contributed by atoms with Crippen molar-refractivity contribution in [2.75, 3.05) is 7.11 Å². The number of aryl methyl sites for hydroxylation is 1. The van der Waals surface area contributed by atoms with E-state index in [0.29, 0.717) is 0 Å². The maximum Gasteiger partial charge on any atom is 0.140 e. The van der Waals surface area contributed by atoms with E-state index in [9.17, 15) is 0 Å². The van der Waals surface area contributed by atoms with Gasteiger partial charge in [-0.3, -0.25) is 4.68 Å². The number of fused-ring (bicyclic) bond motifs is 1. The van der Waals surface area contributed by atoms with Crippen molar-refractivity contribution in [1.82, 2.24) is 14.8 Å². The Morgan fingerprint density at radius 3 is 2.94 bits per heavy atom. The first kappa shape index (κ1) is 10.3. The summed E-state index contributed by atoms with van der Waals surface area (Å²) in [6, 6.07) is 4.00. The van der Waals surface area contributed by atoms with E-state index >= 15 is 0 Å². The summed E-state index contributed by atoms with van der Waals surface area (Å²) in [6.07, 6.45) is 3.76. The summed E-state index contributed by atoms with van der Waals surface area (Å²) in [7, 11) is 3.58. The molecule has 0 atom stereocenters. The Kier molecular flexibility index (Phi) is 2.33. The van der Waals surface area contributed by atoms with E-state index in [1.54, 1.807) is 29.3 Å². The number of hydrogen-bond acceptors (Lipinski definition) is 4. The van der Waals surface area contributed by atoms with Crippen molar-refractivity contribution in [1.29, 1.82) is 0 Å². The molecule has 2 aromatic heterocycles. The summed E-state index contributed by atoms with van der Waals surface area (Å²) in [6.45, 7) is 0. The Hall–Kier alpha value is -1.88. The highest BCUT2D eigenvalue weighted by molar-refractivity contribution is 7.13. The van der Waals surface area contributed by atoms with Gasteiger partial charge in [0.05, 0.1) is 23.6 Å². The van der Waals surface area contributed by atoms with E-state index in [-0.39, 0.29) is 0 Å². The molecule has 0 saturated heterocycles. The molecule has 0 aliphatic heterocycles. The molecule has 3 aromatic rings. The van der Waals surface area contributed by atoms with Gasteiger partial charge in [-0.25, -0.2) is 4.98 Å². The number of methoxy groups -OCH3 is 1. The topological polar surface area (TPSA) is 39.9 Å². The van der Waals surface area contributed by atoms with Crippen LogP contribution in [-0.4, -0.2) is 21.9 Å². The maximum atomic E-state index is 5.51. The Bertz CT molecular complexity index is 658. The summed E-state index contributed by atoms with van der Waals surface area (Å²) in [5.41, 5.74) is 1.95. The zero-order valence-corrected chi connectivity index (χ0v) is 10.4. The van der Waals surface area contributed by atoms with Crippen LogP contribution < -0.4 is 4.74 Å². The highest BCUT2D eigenvalue weighted by Gasteiger charge is 2.13. The smallest absolute Gasteiger partial charge is 0.140 e. The maximum absolute atomic E-state index is 5.51. The van der Waals surface area contributed by atoms with E-state index in [4.69, 9.17) is 4.74 Å². The molecule has 0 aliphatic carbocycles. The van der Waals surface area contributed by atoms with Crippen LogP contribution in [-0.2, 0) is 7.05 Å². The fraction of sp³-hybridized carbons (Fsp3) is 0.167. The van der Waals surface area contributed by atoms with E-state index in [2.05, 4.69) is 10.1 Å². The van der Waals surface area contributed by atoms with E-state index in [1.165, 1.54) is 0 Å². The molecule has 3 rings (SSSR count). The Labute approximate surface area is 102 Å². The van der Waals surface area contributed by atoms with Crippen LogP contribution in [0.15, 0.2) is 29.9 Å². The van der Waals surface area contributed by atoms with Crippen LogP contribution in [0.1, 0.15) is 0 Å². The zero-order valence-electron chi connectivity index (χ0n) is 9.54. The van der Waals surface area contributed by atoms with Gasteiger partial charge >= 0.3 is 0 Å². The molecular weight excluding hydrogens is 234 g/mol. The number of hydrogen-bond donors (Lipinski definition) is 0. The monoisotopic (exact) mass is 245 g/mol. The molecule has 0 amide bonds. The third-order valence-electron chi connectivity index (χ3n) is 2.62. The first-order valence-electron chi connectivity index (χ1n) is 5.20. The van der Waals surface area contributed by atoms with Gasteiger partial charge in [0.15, 0.2) is 0 Å². The molecule has 0 spiro atoms.